The molecule has 45 heavy (non-hydrogen) atoms. The molecule has 250 valence electrons. The van der Waals surface area contributed by atoms with Crippen molar-refractivity contribution in [2.75, 3.05) is 26.2 Å². The maximum absolute atomic E-state index is 6.21. The minimum absolute atomic E-state index is 0.756. The van der Waals surface area contributed by atoms with Gasteiger partial charge in [0.05, 0.1) is 32.3 Å². The lowest BCUT2D eigenvalue weighted by Gasteiger charge is -2.43. The van der Waals surface area contributed by atoms with Crippen LogP contribution in [0.3, 0.4) is 0 Å². The van der Waals surface area contributed by atoms with Crippen molar-refractivity contribution in [3.8, 4) is 0 Å². The molecule has 0 saturated carbocycles. The van der Waals surface area contributed by atoms with E-state index in [1.807, 2.05) is 36.4 Å². The average molecular weight is 673 g/mol. The third-order valence-electron chi connectivity index (χ3n) is 9.75. The maximum atomic E-state index is 6.21. The number of hydrogen-bond acceptors (Lipinski definition) is 0. The molecule has 0 spiro atoms. The summed E-state index contributed by atoms with van der Waals surface area (Å²) in [5, 5.41) is 2.27. The lowest BCUT2D eigenvalue weighted by atomic mass is 9.14. The summed E-state index contributed by atoms with van der Waals surface area (Å²) in [6.45, 7) is 17.3. The summed E-state index contributed by atoms with van der Waals surface area (Å²) in [6, 6.07) is 25.0. The van der Waals surface area contributed by atoms with E-state index in [2.05, 4.69) is 71.0 Å². The topological polar surface area (TPSA) is 0 Å². The minimum atomic E-state index is -1.15. The van der Waals surface area contributed by atoms with Crippen LogP contribution < -0.4 is 16.4 Å². The van der Waals surface area contributed by atoms with E-state index in [4.69, 9.17) is 34.8 Å². The first-order valence-electron chi connectivity index (χ1n) is 18.1. The number of halogens is 3. The third-order valence-corrected chi connectivity index (χ3v) is 10.5. The maximum Gasteiger partial charge on any atom is 0.0814 e. The first kappa shape index (κ1) is 39.7. The Labute approximate surface area is 292 Å². The van der Waals surface area contributed by atoms with Crippen molar-refractivity contribution in [1.82, 2.24) is 0 Å². The van der Waals surface area contributed by atoms with Gasteiger partial charge in [-0.15, -0.1) is 0 Å². The highest BCUT2D eigenvalue weighted by atomic mass is 35.5. The summed E-state index contributed by atoms with van der Waals surface area (Å²) >= 11 is 18.6. The van der Waals surface area contributed by atoms with Crippen LogP contribution in [0.4, 0.5) is 0 Å². The smallest absolute Gasteiger partial charge is 0.0814 e. The molecule has 1 nitrogen and oxygen atoms in total. The monoisotopic (exact) mass is 671 g/mol. The van der Waals surface area contributed by atoms with E-state index in [0.717, 1.165) is 21.4 Å². The van der Waals surface area contributed by atoms with Crippen LogP contribution in [-0.2, 0) is 0 Å². The van der Waals surface area contributed by atoms with Crippen molar-refractivity contribution >= 4 is 57.3 Å². The van der Waals surface area contributed by atoms with Gasteiger partial charge in [-0.2, -0.15) is 22.7 Å². The van der Waals surface area contributed by atoms with Gasteiger partial charge >= 0.3 is 0 Å². The number of nitrogens with zero attached hydrogens (tertiary/aromatic N) is 1. The molecule has 0 atom stereocenters. The summed E-state index contributed by atoms with van der Waals surface area (Å²) in [5.41, 5.74) is 3.89. The van der Waals surface area contributed by atoms with Gasteiger partial charge < -0.3 is 4.48 Å². The van der Waals surface area contributed by atoms with Crippen LogP contribution in [0.15, 0.2) is 72.8 Å². The van der Waals surface area contributed by atoms with E-state index in [-0.39, 0.29) is 0 Å². The molecular formula is C40H61BCl3N. The molecule has 0 aliphatic carbocycles. The summed E-state index contributed by atoms with van der Waals surface area (Å²) in [7, 11) is 0. The first-order valence-corrected chi connectivity index (χ1v) is 19.2. The van der Waals surface area contributed by atoms with Crippen molar-refractivity contribution in [1.29, 1.82) is 0 Å². The Morgan fingerprint density at radius 2 is 0.689 bits per heavy atom. The number of unbranched alkanes of at least 4 members (excludes halogenated alkanes) is 7. The normalized spacial score (nSPS) is 11.7. The minimum Gasteiger partial charge on any atom is -0.324 e. The fraction of sp³-hybridized carbons (Fsp3) is 0.550. The van der Waals surface area contributed by atoms with Crippen molar-refractivity contribution in [2.45, 2.75) is 118 Å². The van der Waals surface area contributed by atoms with Crippen LogP contribution >= 0.6 is 34.8 Å². The second-order valence-corrected chi connectivity index (χ2v) is 14.5. The Morgan fingerprint density at radius 3 is 0.956 bits per heavy atom. The Bertz CT molecular complexity index is 1010. The van der Waals surface area contributed by atoms with Gasteiger partial charge in [0.15, 0.2) is 0 Å². The molecule has 0 radical (unpaired) electrons. The zero-order chi connectivity index (χ0) is 33.0. The Hall–Kier alpha value is -1.45. The van der Waals surface area contributed by atoms with Crippen LogP contribution in [0.1, 0.15) is 112 Å². The highest BCUT2D eigenvalue weighted by Crippen LogP contribution is 2.21. The molecule has 0 N–H and O–H groups in total. The highest BCUT2D eigenvalue weighted by molar-refractivity contribution is 7.11. The van der Waals surface area contributed by atoms with E-state index in [0.29, 0.717) is 0 Å². The predicted octanol–water partition coefficient (Wildman–Crippen LogP) is 11.7. The van der Waals surface area contributed by atoms with Gasteiger partial charge in [0.2, 0.25) is 0 Å². The van der Waals surface area contributed by atoms with Gasteiger partial charge in [0.1, 0.15) is 0 Å². The molecule has 3 aromatic carbocycles. The first-order chi connectivity index (χ1) is 21.8. The number of quaternary nitrogens is 1. The van der Waals surface area contributed by atoms with Crippen LogP contribution in [-0.4, -0.2) is 36.8 Å². The molecular weight excluding hydrogens is 612 g/mol. The quantitative estimate of drug-likeness (QED) is 0.0637. The SMILES string of the molecule is CCCCCC[B-](c1ccc(Cl)cc1)(c1ccc(Cl)cc1)c1ccc(Cl)cc1.CCCC[N+](CCCC)(CCCC)CCCC. The van der Waals surface area contributed by atoms with Crippen LogP contribution in [0.5, 0.6) is 0 Å². The van der Waals surface area contributed by atoms with E-state index in [1.165, 1.54) is 124 Å². The van der Waals surface area contributed by atoms with Gasteiger partial charge in [0, 0.05) is 15.1 Å². The van der Waals surface area contributed by atoms with Crippen molar-refractivity contribution in [3.63, 3.8) is 0 Å². The van der Waals surface area contributed by atoms with E-state index in [9.17, 15) is 0 Å². The molecule has 0 aromatic heterocycles. The molecule has 0 aliphatic rings. The van der Waals surface area contributed by atoms with E-state index < -0.39 is 6.15 Å². The fourth-order valence-electron chi connectivity index (χ4n) is 6.97. The molecule has 0 heterocycles. The molecule has 0 bridgehead atoms. The molecule has 0 amide bonds. The molecule has 5 heteroatoms. The second-order valence-electron chi connectivity index (χ2n) is 13.2. The Morgan fingerprint density at radius 1 is 0.400 bits per heavy atom. The van der Waals surface area contributed by atoms with Crippen molar-refractivity contribution in [3.05, 3.63) is 87.9 Å². The lowest BCUT2D eigenvalue weighted by Crippen LogP contribution is -2.66. The molecule has 3 aromatic rings. The van der Waals surface area contributed by atoms with E-state index >= 15 is 0 Å². The fourth-order valence-corrected chi connectivity index (χ4v) is 7.35. The summed E-state index contributed by atoms with van der Waals surface area (Å²) < 4.78 is 1.42. The number of benzene rings is 3. The summed E-state index contributed by atoms with van der Waals surface area (Å²) in [6.07, 6.45) is 15.9. The molecule has 0 aliphatic heterocycles. The lowest BCUT2D eigenvalue weighted by molar-refractivity contribution is -0.929. The third kappa shape index (κ3) is 12.9. The Kier molecular flexibility index (Phi) is 19.6. The largest absolute Gasteiger partial charge is 0.324 e. The van der Waals surface area contributed by atoms with Gasteiger partial charge in [0.25, 0.3) is 0 Å². The zero-order valence-corrected chi connectivity index (χ0v) is 31.4. The molecule has 0 saturated heterocycles. The van der Waals surface area contributed by atoms with Crippen LogP contribution in [0.2, 0.25) is 21.4 Å². The number of hydrogen-bond donors (Lipinski definition) is 0. The van der Waals surface area contributed by atoms with E-state index in [1.54, 1.807) is 0 Å². The highest BCUT2D eigenvalue weighted by Gasteiger charge is 2.29. The van der Waals surface area contributed by atoms with Crippen molar-refractivity contribution in [2.24, 2.45) is 0 Å². The molecule has 0 fully saturated rings. The van der Waals surface area contributed by atoms with Gasteiger partial charge in [-0.1, -0.05) is 157 Å². The molecule has 0 unspecified atom stereocenters. The van der Waals surface area contributed by atoms with Crippen molar-refractivity contribution < 1.29 is 4.48 Å². The standard InChI is InChI=1S/C24H25BCl3.C16H36N/c1-2-3-4-5-18-25(19-6-12-22(26)13-7-19,20-8-14-23(27)15-9-20)21-10-16-24(28)17-11-21;1-5-9-13-17(14-10-6-2,15-11-7-3)16-12-8-4/h6-17H,2-5,18H2,1H3;5-16H2,1-4H3/q-1;+1. The van der Waals surface area contributed by atoms with Gasteiger partial charge in [-0.25, -0.2) is 0 Å². The van der Waals surface area contributed by atoms with Crippen LogP contribution in [0.25, 0.3) is 0 Å². The van der Waals surface area contributed by atoms with Gasteiger partial charge in [-0.3, -0.25) is 0 Å². The summed E-state index contributed by atoms with van der Waals surface area (Å²) in [4.78, 5) is 0. The van der Waals surface area contributed by atoms with Crippen LogP contribution in [0, 0.1) is 0 Å². The second kappa shape index (κ2) is 22.2. The average Bonchev–Trinajstić information content (AvgIpc) is 3.06. The predicted molar refractivity (Wildman–Crippen MR) is 207 cm³/mol. The molecule has 3 rings (SSSR count). The summed E-state index contributed by atoms with van der Waals surface area (Å²) in [5.74, 6) is 0. The Balaban J connectivity index is 0.000000358. The zero-order valence-electron chi connectivity index (χ0n) is 29.1. The van der Waals surface area contributed by atoms with Gasteiger partial charge in [-0.05, 0) is 62.1 Å². The number of rotatable bonds is 20.